The first kappa shape index (κ1) is 22.3. The fraction of sp³-hybridized carbons (Fsp3) is 0.310. The van der Waals surface area contributed by atoms with Crippen LogP contribution in [0.4, 0.5) is 0 Å². The van der Waals surface area contributed by atoms with Gasteiger partial charge in [0.2, 0.25) is 5.82 Å². The molecular formula is C29H28ClN3O2. The number of aliphatic hydroxyl groups is 1. The van der Waals surface area contributed by atoms with Gasteiger partial charge in [-0.15, -0.1) is 0 Å². The normalized spacial score (nSPS) is 24.3. The molecule has 1 saturated heterocycles. The number of rotatable bonds is 3. The lowest BCUT2D eigenvalue weighted by atomic mass is 9.66. The van der Waals surface area contributed by atoms with Crippen LogP contribution in [0, 0.1) is 5.92 Å². The molecule has 3 atom stereocenters. The van der Waals surface area contributed by atoms with Crippen LogP contribution in [0.15, 0.2) is 79.0 Å². The van der Waals surface area contributed by atoms with Crippen LogP contribution in [0.1, 0.15) is 48.3 Å². The highest BCUT2D eigenvalue weighted by atomic mass is 35.5. The maximum atomic E-state index is 14.1. The van der Waals surface area contributed by atoms with E-state index in [4.69, 9.17) is 16.6 Å². The van der Waals surface area contributed by atoms with Gasteiger partial charge in [-0.25, -0.2) is 4.98 Å². The molecular weight excluding hydrogens is 458 g/mol. The number of aromatic nitrogens is 2. The van der Waals surface area contributed by atoms with E-state index in [1.54, 1.807) is 0 Å². The Morgan fingerprint density at radius 1 is 1.00 bits per heavy atom. The number of fused-ring (bicyclic) bond motifs is 2. The topological polar surface area (TPSA) is 57.8 Å². The van der Waals surface area contributed by atoms with Crippen LogP contribution in [-0.2, 0) is 5.60 Å². The predicted molar refractivity (Wildman–Crippen MR) is 137 cm³/mol. The van der Waals surface area contributed by atoms with Crippen molar-refractivity contribution >= 4 is 23.0 Å². The third-order valence-electron chi connectivity index (χ3n) is 7.85. The first-order valence-electron chi connectivity index (χ1n) is 12.4. The van der Waals surface area contributed by atoms with Crippen LogP contribution in [0.2, 0.25) is 5.02 Å². The Kier molecular flexibility index (Phi) is 5.62. The monoisotopic (exact) mass is 485 g/mol. The average molecular weight is 486 g/mol. The van der Waals surface area contributed by atoms with Gasteiger partial charge < -0.3 is 10.0 Å². The van der Waals surface area contributed by atoms with Crippen molar-refractivity contribution in [1.29, 1.82) is 0 Å². The number of nitrogens with zero attached hydrogens (tertiary/aromatic N) is 3. The van der Waals surface area contributed by atoms with Gasteiger partial charge in [0.15, 0.2) is 0 Å². The first-order valence-corrected chi connectivity index (χ1v) is 12.8. The Hall–Kier alpha value is -3.15. The Morgan fingerprint density at radius 3 is 2.63 bits per heavy atom. The molecule has 2 aliphatic rings. The van der Waals surface area contributed by atoms with E-state index in [9.17, 15) is 9.90 Å². The lowest BCUT2D eigenvalue weighted by molar-refractivity contribution is -0.110. The molecule has 1 amide bonds. The number of imidazole rings is 1. The summed E-state index contributed by atoms with van der Waals surface area (Å²) < 4.78 is 1.88. The third kappa shape index (κ3) is 3.74. The summed E-state index contributed by atoms with van der Waals surface area (Å²) in [5, 5.41) is 12.5. The molecule has 0 bridgehead atoms. The number of amides is 1. The van der Waals surface area contributed by atoms with Gasteiger partial charge in [0.25, 0.3) is 5.91 Å². The highest BCUT2D eigenvalue weighted by Gasteiger charge is 2.50. The first-order chi connectivity index (χ1) is 17.1. The van der Waals surface area contributed by atoms with Crippen molar-refractivity contribution in [3.63, 3.8) is 0 Å². The average Bonchev–Trinajstić information content (AvgIpc) is 3.29. The number of piperidine rings is 1. The van der Waals surface area contributed by atoms with Gasteiger partial charge in [-0.3, -0.25) is 9.20 Å². The van der Waals surface area contributed by atoms with Gasteiger partial charge >= 0.3 is 0 Å². The molecule has 6 heteroatoms. The Labute approximate surface area is 210 Å². The Morgan fingerprint density at radius 2 is 1.80 bits per heavy atom. The number of hydrogen-bond donors (Lipinski definition) is 1. The lowest BCUT2D eigenvalue weighted by Crippen LogP contribution is -2.59. The second kappa shape index (κ2) is 8.81. The van der Waals surface area contributed by atoms with Gasteiger partial charge in [0, 0.05) is 35.3 Å². The minimum atomic E-state index is -0.913. The largest absolute Gasteiger partial charge is 0.385 e. The fourth-order valence-electron chi connectivity index (χ4n) is 6.19. The second-order valence-electron chi connectivity index (χ2n) is 9.75. The number of carbonyl (C=O) groups excluding carboxylic acids is 1. The summed E-state index contributed by atoms with van der Waals surface area (Å²) in [6.45, 7) is 0.500. The fourth-order valence-corrected chi connectivity index (χ4v) is 6.38. The molecule has 0 radical (unpaired) electrons. The smallest absolute Gasteiger partial charge is 0.290 e. The Bertz CT molecular complexity index is 1390. The van der Waals surface area contributed by atoms with Crippen molar-refractivity contribution in [3.8, 4) is 11.3 Å². The van der Waals surface area contributed by atoms with E-state index in [1.165, 1.54) is 0 Å². The molecule has 0 unspecified atom stereocenters. The highest BCUT2D eigenvalue weighted by Crippen LogP contribution is 2.47. The molecule has 1 saturated carbocycles. The zero-order valence-electron chi connectivity index (χ0n) is 19.5. The molecule has 1 aliphatic heterocycles. The van der Waals surface area contributed by atoms with Crippen molar-refractivity contribution < 1.29 is 9.90 Å². The molecule has 35 heavy (non-hydrogen) atoms. The molecule has 2 aromatic carbocycles. The minimum absolute atomic E-state index is 0.00924. The van der Waals surface area contributed by atoms with Crippen molar-refractivity contribution in [2.75, 3.05) is 6.54 Å². The molecule has 1 aliphatic carbocycles. The number of hydrogen-bond acceptors (Lipinski definition) is 3. The maximum Gasteiger partial charge on any atom is 0.290 e. The van der Waals surface area contributed by atoms with E-state index >= 15 is 0 Å². The molecule has 4 aromatic rings. The van der Waals surface area contributed by atoms with E-state index in [2.05, 4.69) is 0 Å². The number of halogens is 1. The van der Waals surface area contributed by atoms with E-state index < -0.39 is 5.60 Å². The number of likely N-dealkylation sites (tertiary alicyclic amines) is 1. The molecule has 178 valence electrons. The molecule has 6 rings (SSSR count). The molecule has 5 nitrogen and oxygen atoms in total. The van der Waals surface area contributed by atoms with Crippen LogP contribution in [0.3, 0.4) is 0 Å². The van der Waals surface area contributed by atoms with Crippen molar-refractivity contribution in [2.24, 2.45) is 5.92 Å². The summed E-state index contributed by atoms with van der Waals surface area (Å²) in [4.78, 5) is 20.9. The summed E-state index contributed by atoms with van der Waals surface area (Å²) in [6.07, 6.45) is 6.36. The van der Waals surface area contributed by atoms with Gasteiger partial charge in [-0.1, -0.05) is 73.0 Å². The molecule has 3 heterocycles. The Balaban J connectivity index is 1.39. The van der Waals surface area contributed by atoms with Crippen molar-refractivity contribution in [1.82, 2.24) is 14.3 Å². The van der Waals surface area contributed by atoms with Crippen molar-refractivity contribution in [3.05, 3.63) is 95.4 Å². The summed E-state index contributed by atoms with van der Waals surface area (Å²) in [5.74, 6) is 0.339. The third-order valence-corrected chi connectivity index (χ3v) is 8.08. The molecule has 0 spiro atoms. The molecule has 2 aromatic heterocycles. The van der Waals surface area contributed by atoms with Gasteiger partial charge in [-0.2, -0.15) is 0 Å². The van der Waals surface area contributed by atoms with Gasteiger partial charge in [-0.05, 0) is 49.1 Å². The molecule has 2 fully saturated rings. The summed E-state index contributed by atoms with van der Waals surface area (Å²) in [5.41, 5.74) is 2.54. The molecule has 1 N–H and O–H groups in total. The second-order valence-corrected chi connectivity index (χ2v) is 10.2. The van der Waals surface area contributed by atoms with E-state index in [0.29, 0.717) is 23.8 Å². The van der Waals surface area contributed by atoms with E-state index in [1.807, 2.05) is 88.3 Å². The van der Waals surface area contributed by atoms with Crippen LogP contribution in [0.5, 0.6) is 0 Å². The van der Waals surface area contributed by atoms with Gasteiger partial charge in [0.1, 0.15) is 0 Å². The quantitative estimate of drug-likeness (QED) is 0.390. The summed E-state index contributed by atoms with van der Waals surface area (Å²) >= 11 is 6.26. The zero-order valence-corrected chi connectivity index (χ0v) is 20.2. The number of benzene rings is 2. The SMILES string of the molecule is O=C(c1nc(-c2cccc(Cl)c2)c2ccccn12)N1CC[C@](O)(c2ccccc2)[C@H]2CCCC[C@H]21. The number of carbonyl (C=O) groups is 1. The maximum absolute atomic E-state index is 14.1. The zero-order chi connectivity index (χ0) is 24.0. The van der Waals surface area contributed by atoms with E-state index in [-0.39, 0.29) is 17.9 Å². The van der Waals surface area contributed by atoms with Crippen LogP contribution >= 0.6 is 11.6 Å². The summed E-state index contributed by atoms with van der Waals surface area (Å²) in [6, 6.07) is 23.4. The number of pyridine rings is 1. The highest BCUT2D eigenvalue weighted by molar-refractivity contribution is 6.30. The van der Waals surface area contributed by atoms with Crippen LogP contribution < -0.4 is 0 Å². The van der Waals surface area contributed by atoms with Crippen LogP contribution in [-0.4, -0.2) is 37.9 Å². The standard InChI is InChI=1S/C29H28ClN3O2/c30-22-12-8-9-20(19-22)26-25-15-6-7-17-32(25)27(31-26)28(34)33-18-16-29(35,21-10-2-1-3-11-21)23-13-4-5-14-24(23)33/h1-3,6-12,15,17,19,23-24,35H,4-5,13-14,16,18H2/t23-,24+,29-/m0/s1. The predicted octanol–water partition coefficient (Wildman–Crippen LogP) is 5.95. The lowest BCUT2D eigenvalue weighted by Gasteiger charge is -2.52. The van der Waals surface area contributed by atoms with E-state index in [0.717, 1.165) is 48.0 Å². The van der Waals surface area contributed by atoms with Gasteiger partial charge in [0.05, 0.1) is 16.8 Å². The summed E-state index contributed by atoms with van der Waals surface area (Å²) in [7, 11) is 0. The minimum Gasteiger partial charge on any atom is -0.385 e. The van der Waals surface area contributed by atoms with Crippen molar-refractivity contribution in [2.45, 2.75) is 43.7 Å². The van der Waals surface area contributed by atoms with Crippen LogP contribution in [0.25, 0.3) is 16.8 Å².